The van der Waals surface area contributed by atoms with Crippen LogP contribution in [0.25, 0.3) is 10.8 Å². The highest BCUT2D eigenvalue weighted by Crippen LogP contribution is 2.33. The van der Waals surface area contributed by atoms with Crippen LogP contribution in [0, 0.1) is 0 Å². The topological polar surface area (TPSA) is 16.4 Å². The van der Waals surface area contributed by atoms with Gasteiger partial charge in [0.25, 0.3) is 0 Å². The van der Waals surface area contributed by atoms with Crippen LogP contribution >= 0.6 is 15.9 Å². The highest BCUT2D eigenvalue weighted by atomic mass is 79.9. The monoisotopic (exact) mass is 487 g/mol. The lowest BCUT2D eigenvalue weighted by atomic mass is 9.98. The second kappa shape index (κ2) is 8.89. The number of benzene rings is 3. The SMILES string of the molecule is CC(c1cccc2ccccc12)N(Cc1ccc(Br)cc1)Cc1ccc(C(F)(F)F)o1. The molecule has 4 rings (SSSR count). The zero-order chi connectivity index (χ0) is 22.0. The molecule has 0 N–H and O–H groups in total. The molecule has 0 saturated heterocycles. The fraction of sp³-hybridized carbons (Fsp3) is 0.200. The van der Waals surface area contributed by atoms with Gasteiger partial charge in [-0.15, -0.1) is 0 Å². The highest BCUT2D eigenvalue weighted by molar-refractivity contribution is 9.10. The Morgan fingerprint density at radius 3 is 2.29 bits per heavy atom. The average Bonchev–Trinajstić information content (AvgIpc) is 3.23. The Kier molecular flexibility index (Phi) is 6.21. The van der Waals surface area contributed by atoms with Crippen molar-refractivity contribution in [2.45, 2.75) is 32.2 Å². The fourth-order valence-electron chi connectivity index (χ4n) is 3.78. The minimum atomic E-state index is -4.49. The summed E-state index contributed by atoms with van der Waals surface area (Å²) in [6.07, 6.45) is -4.49. The van der Waals surface area contributed by atoms with Crippen LogP contribution in [0.3, 0.4) is 0 Å². The molecule has 0 fully saturated rings. The Balaban J connectivity index is 1.68. The predicted octanol–water partition coefficient (Wildman–Crippen LogP) is 7.98. The van der Waals surface area contributed by atoms with Gasteiger partial charge in [-0.2, -0.15) is 13.2 Å². The van der Waals surface area contributed by atoms with E-state index in [1.807, 2.05) is 42.5 Å². The maximum atomic E-state index is 13.0. The summed E-state index contributed by atoms with van der Waals surface area (Å²) in [5.41, 5.74) is 2.19. The Labute approximate surface area is 187 Å². The predicted molar refractivity (Wildman–Crippen MR) is 119 cm³/mol. The van der Waals surface area contributed by atoms with Gasteiger partial charge in [-0.1, -0.05) is 70.5 Å². The van der Waals surface area contributed by atoms with Crippen LogP contribution < -0.4 is 0 Å². The summed E-state index contributed by atoms with van der Waals surface area (Å²) in [6.45, 7) is 2.91. The zero-order valence-corrected chi connectivity index (χ0v) is 18.5. The molecule has 6 heteroatoms. The third-order valence-electron chi connectivity index (χ3n) is 5.42. The van der Waals surface area contributed by atoms with Crippen LogP contribution in [0.15, 0.2) is 87.8 Å². The molecule has 1 atom stereocenters. The van der Waals surface area contributed by atoms with Gasteiger partial charge in [0.15, 0.2) is 0 Å². The minimum absolute atomic E-state index is 0.0471. The van der Waals surface area contributed by atoms with E-state index in [1.54, 1.807) is 0 Å². The molecular weight excluding hydrogens is 467 g/mol. The summed E-state index contributed by atoms with van der Waals surface area (Å²) in [7, 11) is 0. The number of hydrogen-bond acceptors (Lipinski definition) is 2. The smallest absolute Gasteiger partial charge is 0.449 e. The van der Waals surface area contributed by atoms with Gasteiger partial charge in [0.05, 0.1) is 6.54 Å². The lowest BCUT2D eigenvalue weighted by molar-refractivity contribution is -0.153. The molecule has 0 aliphatic carbocycles. The summed E-state index contributed by atoms with van der Waals surface area (Å²) in [5.74, 6) is -0.680. The van der Waals surface area contributed by atoms with Crippen molar-refractivity contribution in [2.75, 3.05) is 0 Å². The lowest BCUT2D eigenvalue weighted by Crippen LogP contribution is -2.26. The molecule has 0 amide bonds. The molecule has 3 aromatic carbocycles. The van der Waals surface area contributed by atoms with Gasteiger partial charge in [0.1, 0.15) is 5.76 Å². The van der Waals surface area contributed by atoms with E-state index in [9.17, 15) is 13.2 Å². The molecule has 4 aromatic rings. The van der Waals surface area contributed by atoms with Gasteiger partial charge in [0, 0.05) is 17.1 Å². The normalized spacial score (nSPS) is 13.1. The first-order chi connectivity index (χ1) is 14.8. The molecule has 0 bridgehead atoms. The van der Waals surface area contributed by atoms with Crippen molar-refractivity contribution < 1.29 is 17.6 Å². The van der Waals surface area contributed by atoms with Crippen molar-refractivity contribution in [3.8, 4) is 0 Å². The fourth-order valence-corrected chi connectivity index (χ4v) is 4.05. The minimum Gasteiger partial charge on any atom is -0.455 e. The number of nitrogens with zero attached hydrogens (tertiary/aromatic N) is 1. The van der Waals surface area contributed by atoms with E-state index in [0.717, 1.165) is 32.4 Å². The van der Waals surface area contributed by atoms with Crippen molar-refractivity contribution in [1.82, 2.24) is 4.90 Å². The first-order valence-electron chi connectivity index (χ1n) is 9.93. The number of halogens is 4. The largest absolute Gasteiger partial charge is 0.455 e. The van der Waals surface area contributed by atoms with Crippen LogP contribution in [0.2, 0.25) is 0 Å². The van der Waals surface area contributed by atoms with E-state index >= 15 is 0 Å². The molecule has 1 aromatic heterocycles. The standard InChI is InChI=1S/C25H21BrF3NO/c1-17(22-8-4-6-19-5-2-3-7-23(19)22)30(15-18-9-11-20(26)12-10-18)16-21-13-14-24(31-21)25(27,28)29/h2-14,17H,15-16H2,1H3. The average molecular weight is 488 g/mol. The number of fused-ring (bicyclic) bond motifs is 1. The quantitative estimate of drug-likeness (QED) is 0.274. The maximum absolute atomic E-state index is 13.0. The molecule has 0 spiro atoms. The third kappa shape index (κ3) is 5.02. The highest BCUT2D eigenvalue weighted by Gasteiger charge is 2.35. The van der Waals surface area contributed by atoms with E-state index in [0.29, 0.717) is 6.54 Å². The molecule has 2 nitrogen and oxygen atoms in total. The van der Waals surface area contributed by atoms with Crippen LogP contribution in [-0.2, 0) is 19.3 Å². The summed E-state index contributed by atoms with van der Waals surface area (Å²) in [5, 5.41) is 2.27. The van der Waals surface area contributed by atoms with E-state index in [4.69, 9.17) is 4.42 Å². The van der Waals surface area contributed by atoms with E-state index in [-0.39, 0.29) is 18.3 Å². The van der Waals surface area contributed by atoms with Gasteiger partial charge >= 0.3 is 6.18 Å². The van der Waals surface area contributed by atoms with Gasteiger partial charge in [0.2, 0.25) is 5.76 Å². The molecule has 0 radical (unpaired) electrons. The summed E-state index contributed by atoms with van der Waals surface area (Å²) in [6, 6.07) is 24.6. The van der Waals surface area contributed by atoms with Crippen LogP contribution in [0.5, 0.6) is 0 Å². The second-order valence-electron chi connectivity index (χ2n) is 7.54. The van der Waals surface area contributed by atoms with Gasteiger partial charge < -0.3 is 4.42 Å². The molecule has 0 saturated carbocycles. The molecule has 31 heavy (non-hydrogen) atoms. The van der Waals surface area contributed by atoms with E-state index in [2.05, 4.69) is 52.0 Å². The first kappa shape index (κ1) is 21.7. The first-order valence-corrected chi connectivity index (χ1v) is 10.7. The van der Waals surface area contributed by atoms with E-state index < -0.39 is 11.9 Å². The van der Waals surface area contributed by atoms with Gasteiger partial charge in [-0.3, -0.25) is 4.90 Å². The zero-order valence-electron chi connectivity index (χ0n) is 16.9. The van der Waals surface area contributed by atoms with Crippen molar-refractivity contribution >= 4 is 26.7 Å². The van der Waals surface area contributed by atoms with Crippen LogP contribution in [-0.4, -0.2) is 4.90 Å². The number of hydrogen-bond donors (Lipinski definition) is 0. The molecule has 0 aliphatic heterocycles. The Morgan fingerprint density at radius 1 is 0.871 bits per heavy atom. The molecular formula is C25H21BrF3NO. The van der Waals surface area contributed by atoms with Crippen molar-refractivity contribution in [1.29, 1.82) is 0 Å². The molecule has 160 valence electrons. The lowest BCUT2D eigenvalue weighted by Gasteiger charge is -2.30. The van der Waals surface area contributed by atoms with Crippen molar-refractivity contribution in [2.24, 2.45) is 0 Å². The maximum Gasteiger partial charge on any atom is 0.449 e. The van der Waals surface area contributed by atoms with Gasteiger partial charge in [-0.25, -0.2) is 0 Å². The van der Waals surface area contributed by atoms with E-state index in [1.165, 1.54) is 6.07 Å². The second-order valence-corrected chi connectivity index (χ2v) is 8.46. The number of rotatable bonds is 6. The molecule has 1 heterocycles. The Morgan fingerprint density at radius 2 is 1.58 bits per heavy atom. The number of alkyl halides is 3. The molecule has 1 unspecified atom stereocenters. The number of furan rings is 1. The Hall–Kier alpha value is -2.57. The summed E-state index contributed by atoms with van der Waals surface area (Å²) < 4.78 is 45.1. The Bertz CT molecular complexity index is 1160. The van der Waals surface area contributed by atoms with Crippen molar-refractivity contribution in [3.63, 3.8) is 0 Å². The summed E-state index contributed by atoms with van der Waals surface area (Å²) >= 11 is 3.44. The van der Waals surface area contributed by atoms with Crippen LogP contribution in [0.1, 0.15) is 35.6 Å². The van der Waals surface area contributed by atoms with Crippen LogP contribution in [0.4, 0.5) is 13.2 Å². The van der Waals surface area contributed by atoms with Crippen molar-refractivity contribution in [3.05, 3.63) is 106 Å². The third-order valence-corrected chi connectivity index (χ3v) is 5.95. The summed E-state index contributed by atoms with van der Waals surface area (Å²) in [4.78, 5) is 2.13. The molecule has 0 aliphatic rings. The van der Waals surface area contributed by atoms with Gasteiger partial charge in [-0.05, 0) is 53.1 Å².